The number of halogens is 2. The number of nitrogens with one attached hydrogen (secondary N) is 3. The van der Waals surface area contributed by atoms with E-state index in [1.165, 1.54) is 0 Å². The van der Waals surface area contributed by atoms with Gasteiger partial charge in [0.15, 0.2) is 0 Å². The highest BCUT2D eigenvalue weighted by Crippen LogP contribution is 2.21. The van der Waals surface area contributed by atoms with Crippen LogP contribution in [0.15, 0.2) is 10.9 Å². The van der Waals surface area contributed by atoms with E-state index in [4.69, 9.17) is 0 Å². The molecule has 0 saturated carbocycles. The van der Waals surface area contributed by atoms with Crippen molar-refractivity contribution in [3.8, 4) is 0 Å². The van der Waals surface area contributed by atoms with E-state index in [1.54, 1.807) is 6.07 Å². The highest BCUT2D eigenvalue weighted by Gasteiger charge is 2.16. The minimum Gasteiger partial charge on any atom is -0.317 e. The fourth-order valence-corrected chi connectivity index (χ4v) is 1.70. The molecule has 0 radical (unpaired) electrons. The summed E-state index contributed by atoms with van der Waals surface area (Å²) in [6, 6.07) is 1.66. The highest BCUT2D eigenvalue weighted by atomic mass is 35.5. The topological polar surface area (TPSA) is 60.7 Å². The molecule has 0 bridgehead atoms. The maximum atomic E-state index is 10.8. The minimum absolute atomic E-state index is 0. The third kappa shape index (κ3) is 3.04. The Hall–Kier alpha value is -0.450. The molecule has 0 aliphatic carbocycles. The van der Waals surface area contributed by atoms with Crippen LogP contribution in [-0.2, 0) is 0 Å². The first kappa shape index (κ1) is 13.5. The number of piperidine rings is 1. The van der Waals surface area contributed by atoms with Crippen LogP contribution in [-0.4, -0.2) is 23.3 Å². The van der Waals surface area contributed by atoms with Gasteiger partial charge in [0.25, 0.3) is 5.56 Å². The second-order valence-corrected chi connectivity index (χ2v) is 3.24. The Morgan fingerprint density at radius 1 is 1.14 bits per heavy atom. The average molecular weight is 240 g/mol. The fraction of sp³-hybridized carbons (Fsp3) is 0.625. The van der Waals surface area contributed by atoms with Crippen molar-refractivity contribution in [2.75, 3.05) is 13.1 Å². The van der Waals surface area contributed by atoms with E-state index in [2.05, 4.69) is 15.5 Å². The molecule has 2 heterocycles. The Labute approximate surface area is 94.7 Å². The average Bonchev–Trinajstić information content (AvgIpc) is 2.54. The number of aromatic amines is 2. The molecule has 0 unspecified atom stereocenters. The van der Waals surface area contributed by atoms with Gasteiger partial charge in [0, 0.05) is 17.7 Å². The molecule has 6 heteroatoms. The van der Waals surface area contributed by atoms with Gasteiger partial charge in [-0.2, -0.15) is 0 Å². The fourth-order valence-electron chi connectivity index (χ4n) is 1.70. The summed E-state index contributed by atoms with van der Waals surface area (Å²) in [5.74, 6) is 0.533. The molecule has 1 fully saturated rings. The molecule has 1 saturated heterocycles. The highest BCUT2D eigenvalue weighted by molar-refractivity contribution is 5.85. The summed E-state index contributed by atoms with van der Waals surface area (Å²) in [6.45, 7) is 2.11. The standard InChI is InChI=1S/C8H13N3O.2ClH/c12-8-5-7(10-11-8)6-1-3-9-4-2-6;;/h5-6,9H,1-4H2,(H2,10,11,12);2*1H. The van der Waals surface area contributed by atoms with Crippen LogP contribution in [0.3, 0.4) is 0 Å². The van der Waals surface area contributed by atoms with Gasteiger partial charge in [-0.05, 0) is 25.9 Å². The van der Waals surface area contributed by atoms with Crippen LogP contribution in [0.1, 0.15) is 24.5 Å². The van der Waals surface area contributed by atoms with Crippen molar-refractivity contribution >= 4 is 24.8 Å². The molecule has 0 aromatic carbocycles. The van der Waals surface area contributed by atoms with Crippen LogP contribution in [0.2, 0.25) is 0 Å². The third-order valence-electron chi connectivity index (χ3n) is 2.40. The molecule has 4 nitrogen and oxygen atoms in total. The molecule has 82 valence electrons. The van der Waals surface area contributed by atoms with Gasteiger partial charge in [-0.1, -0.05) is 0 Å². The zero-order valence-electron chi connectivity index (χ0n) is 7.71. The van der Waals surface area contributed by atoms with E-state index >= 15 is 0 Å². The molecule has 2 rings (SSSR count). The summed E-state index contributed by atoms with van der Waals surface area (Å²) >= 11 is 0. The lowest BCUT2D eigenvalue weighted by Gasteiger charge is -2.20. The largest absolute Gasteiger partial charge is 0.317 e. The van der Waals surface area contributed by atoms with Gasteiger partial charge >= 0.3 is 0 Å². The van der Waals surface area contributed by atoms with Crippen molar-refractivity contribution in [2.45, 2.75) is 18.8 Å². The Bertz CT molecular complexity index is 304. The Morgan fingerprint density at radius 3 is 2.29 bits per heavy atom. The predicted octanol–water partition coefficient (Wildman–Crippen LogP) is 1.01. The van der Waals surface area contributed by atoms with E-state index in [0.717, 1.165) is 31.6 Å². The summed E-state index contributed by atoms with van der Waals surface area (Å²) in [5.41, 5.74) is 1.03. The van der Waals surface area contributed by atoms with Gasteiger partial charge in [0.05, 0.1) is 0 Å². The summed E-state index contributed by atoms with van der Waals surface area (Å²) in [7, 11) is 0. The number of hydrogen-bond donors (Lipinski definition) is 3. The zero-order chi connectivity index (χ0) is 8.39. The van der Waals surface area contributed by atoms with Gasteiger partial charge in [-0.25, -0.2) is 0 Å². The van der Waals surface area contributed by atoms with Gasteiger partial charge in [-0.15, -0.1) is 24.8 Å². The van der Waals surface area contributed by atoms with Crippen LogP contribution >= 0.6 is 24.8 Å². The van der Waals surface area contributed by atoms with Gasteiger partial charge in [0.2, 0.25) is 0 Å². The SMILES string of the molecule is Cl.Cl.O=c1cc(C2CCNCC2)[nH][nH]1. The molecular formula is C8H15Cl2N3O. The van der Waals surface area contributed by atoms with Crippen LogP contribution in [0.5, 0.6) is 0 Å². The molecule has 14 heavy (non-hydrogen) atoms. The molecule has 1 aliphatic rings. The van der Waals surface area contributed by atoms with Crippen LogP contribution in [0.25, 0.3) is 0 Å². The van der Waals surface area contributed by atoms with Gasteiger partial charge in [0.1, 0.15) is 0 Å². The van der Waals surface area contributed by atoms with Crippen molar-refractivity contribution in [2.24, 2.45) is 0 Å². The van der Waals surface area contributed by atoms with Gasteiger partial charge < -0.3 is 10.4 Å². The van der Waals surface area contributed by atoms with Crippen LogP contribution in [0, 0.1) is 0 Å². The molecule has 3 N–H and O–H groups in total. The summed E-state index contributed by atoms with van der Waals surface area (Å²) in [4.78, 5) is 10.8. The number of hydrogen-bond acceptors (Lipinski definition) is 2. The minimum atomic E-state index is -0.0245. The first-order valence-electron chi connectivity index (χ1n) is 4.34. The normalized spacial score (nSPS) is 16.9. The van der Waals surface area contributed by atoms with Crippen molar-refractivity contribution in [1.82, 2.24) is 15.5 Å². The van der Waals surface area contributed by atoms with Crippen LogP contribution in [0.4, 0.5) is 0 Å². The Morgan fingerprint density at radius 2 is 1.79 bits per heavy atom. The second kappa shape index (κ2) is 6.11. The van der Waals surface area contributed by atoms with Crippen molar-refractivity contribution in [3.63, 3.8) is 0 Å². The lowest BCUT2D eigenvalue weighted by molar-refractivity contribution is 0.453. The number of aromatic nitrogens is 2. The number of rotatable bonds is 1. The second-order valence-electron chi connectivity index (χ2n) is 3.24. The van der Waals surface area contributed by atoms with E-state index in [9.17, 15) is 4.79 Å². The summed E-state index contributed by atoms with van der Waals surface area (Å²) in [5, 5.41) is 8.76. The summed E-state index contributed by atoms with van der Waals surface area (Å²) in [6.07, 6.45) is 2.24. The molecule has 1 aliphatic heterocycles. The molecule has 0 spiro atoms. The molecule has 0 atom stereocenters. The molecular weight excluding hydrogens is 225 g/mol. The smallest absolute Gasteiger partial charge is 0.264 e. The molecule has 0 amide bonds. The molecule has 1 aromatic rings. The van der Waals surface area contributed by atoms with Crippen molar-refractivity contribution < 1.29 is 0 Å². The third-order valence-corrected chi connectivity index (χ3v) is 2.40. The van der Waals surface area contributed by atoms with E-state index in [1.807, 2.05) is 0 Å². The van der Waals surface area contributed by atoms with Crippen LogP contribution < -0.4 is 10.9 Å². The predicted molar refractivity (Wildman–Crippen MR) is 60.8 cm³/mol. The Balaban J connectivity index is 0.000000845. The number of H-pyrrole nitrogens is 2. The first-order valence-corrected chi connectivity index (χ1v) is 4.34. The maximum absolute atomic E-state index is 10.8. The van der Waals surface area contributed by atoms with E-state index < -0.39 is 0 Å². The van der Waals surface area contributed by atoms with Crippen molar-refractivity contribution in [1.29, 1.82) is 0 Å². The van der Waals surface area contributed by atoms with E-state index in [0.29, 0.717) is 5.92 Å². The lowest BCUT2D eigenvalue weighted by Crippen LogP contribution is -2.26. The maximum Gasteiger partial charge on any atom is 0.264 e. The van der Waals surface area contributed by atoms with Gasteiger partial charge in [-0.3, -0.25) is 9.89 Å². The summed E-state index contributed by atoms with van der Waals surface area (Å²) < 4.78 is 0. The molecule has 1 aromatic heterocycles. The van der Waals surface area contributed by atoms with E-state index in [-0.39, 0.29) is 30.4 Å². The first-order chi connectivity index (χ1) is 5.86. The Kier molecular flexibility index (Phi) is 5.92. The monoisotopic (exact) mass is 239 g/mol. The zero-order valence-corrected chi connectivity index (χ0v) is 9.34. The van der Waals surface area contributed by atoms with Crippen molar-refractivity contribution in [3.05, 3.63) is 22.1 Å². The quantitative estimate of drug-likeness (QED) is 0.686. The lowest BCUT2D eigenvalue weighted by atomic mass is 9.95.